The zero-order chi connectivity index (χ0) is 18.2. The van der Waals surface area contributed by atoms with Crippen LogP contribution in [-0.2, 0) is 16.1 Å². The molecule has 1 saturated carbocycles. The Morgan fingerprint density at radius 3 is 2.48 bits per heavy atom. The Balaban J connectivity index is 1.95. The fourth-order valence-corrected chi connectivity index (χ4v) is 3.45. The van der Waals surface area contributed by atoms with Crippen molar-refractivity contribution in [1.29, 1.82) is 0 Å². The van der Waals surface area contributed by atoms with Crippen LogP contribution >= 0.6 is 0 Å². The summed E-state index contributed by atoms with van der Waals surface area (Å²) in [4.78, 5) is 27.9. The quantitative estimate of drug-likeness (QED) is 0.825. The largest absolute Gasteiger partial charge is 0.376 e. The molecular weight excluding hydrogens is 314 g/mol. The second kappa shape index (κ2) is 9.44. The van der Waals surface area contributed by atoms with Crippen molar-refractivity contribution < 1.29 is 9.59 Å². The monoisotopic (exact) mass is 345 g/mol. The first-order valence-electron chi connectivity index (χ1n) is 9.35. The molecule has 2 rings (SSSR count). The van der Waals surface area contributed by atoms with Gasteiger partial charge in [0.2, 0.25) is 11.8 Å². The van der Waals surface area contributed by atoms with Crippen molar-refractivity contribution in [3.8, 4) is 0 Å². The van der Waals surface area contributed by atoms with E-state index in [4.69, 9.17) is 0 Å². The van der Waals surface area contributed by atoms with Crippen LogP contribution in [0.15, 0.2) is 24.3 Å². The molecule has 0 atom stereocenters. The van der Waals surface area contributed by atoms with Gasteiger partial charge in [-0.3, -0.25) is 9.59 Å². The summed E-state index contributed by atoms with van der Waals surface area (Å²) in [7, 11) is 1.92. The van der Waals surface area contributed by atoms with Crippen LogP contribution in [0.1, 0.15) is 51.5 Å². The van der Waals surface area contributed by atoms with Crippen LogP contribution in [0.4, 0.5) is 5.69 Å². The summed E-state index contributed by atoms with van der Waals surface area (Å²) >= 11 is 0. The third-order valence-corrected chi connectivity index (χ3v) is 5.15. The van der Waals surface area contributed by atoms with Gasteiger partial charge >= 0.3 is 0 Å². The Hall–Kier alpha value is -2.04. The maximum atomic E-state index is 12.5. The lowest BCUT2D eigenvalue weighted by Gasteiger charge is -2.31. The molecule has 0 aromatic heterocycles. The van der Waals surface area contributed by atoms with Crippen LogP contribution in [0.5, 0.6) is 0 Å². The Bertz CT molecular complexity index is 582. The maximum absolute atomic E-state index is 12.5. The first-order chi connectivity index (χ1) is 12.0. The van der Waals surface area contributed by atoms with E-state index in [9.17, 15) is 9.59 Å². The number of likely N-dealkylation sites (N-methyl/N-ethyl adjacent to an activating group) is 1. The molecule has 1 N–H and O–H groups in total. The molecule has 0 aliphatic heterocycles. The number of amides is 2. The molecule has 5 heteroatoms. The van der Waals surface area contributed by atoms with Gasteiger partial charge in [-0.05, 0) is 31.4 Å². The summed E-state index contributed by atoms with van der Waals surface area (Å²) in [5, 5.41) is 3.27. The molecule has 0 spiro atoms. The first-order valence-corrected chi connectivity index (χ1v) is 9.35. The minimum Gasteiger partial charge on any atom is -0.376 e. The number of hydrogen-bond acceptors (Lipinski definition) is 3. The van der Waals surface area contributed by atoms with E-state index in [1.54, 1.807) is 11.8 Å². The number of anilines is 1. The van der Waals surface area contributed by atoms with Crippen LogP contribution in [0, 0.1) is 0 Å². The Morgan fingerprint density at radius 2 is 1.84 bits per heavy atom. The predicted octanol–water partition coefficient (Wildman–Crippen LogP) is 3.26. The second-order valence-electron chi connectivity index (χ2n) is 6.84. The lowest BCUT2D eigenvalue weighted by atomic mass is 9.94. The van der Waals surface area contributed by atoms with Gasteiger partial charge in [0.15, 0.2) is 0 Å². The fraction of sp³-hybridized carbons (Fsp3) is 0.600. The van der Waals surface area contributed by atoms with Crippen molar-refractivity contribution in [2.45, 2.75) is 58.5 Å². The number of carbonyl (C=O) groups is 2. The fourth-order valence-electron chi connectivity index (χ4n) is 3.45. The number of nitrogens with one attached hydrogen (secondary N) is 1. The highest BCUT2D eigenvalue weighted by Crippen LogP contribution is 2.22. The molecule has 1 aromatic rings. The standard InChI is InChI=1S/C20H31N3O2/c1-4-23(16(2)24)15-17-10-8-9-13-19(17)21-14-20(25)22(3)18-11-6-5-7-12-18/h8-10,13,18,21H,4-7,11-12,14-15H2,1-3H3. The summed E-state index contributed by atoms with van der Waals surface area (Å²) in [6, 6.07) is 8.27. The summed E-state index contributed by atoms with van der Waals surface area (Å²) in [5.41, 5.74) is 1.96. The van der Waals surface area contributed by atoms with Gasteiger partial charge in [0.25, 0.3) is 0 Å². The number of benzene rings is 1. The van der Waals surface area contributed by atoms with E-state index in [1.165, 1.54) is 19.3 Å². The normalized spacial score (nSPS) is 14.8. The zero-order valence-electron chi connectivity index (χ0n) is 15.8. The number of para-hydroxylation sites is 1. The average molecular weight is 345 g/mol. The zero-order valence-corrected chi connectivity index (χ0v) is 15.8. The summed E-state index contributed by atoms with van der Waals surface area (Å²) < 4.78 is 0. The van der Waals surface area contributed by atoms with Crippen LogP contribution in [0.3, 0.4) is 0 Å². The van der Waals surface area contributed by atoms with Crippen molar-refractivity contribution in [1.82, 2.24) is 9.80 Å². The third kappa shape index (κ3) is 5.48. The van der Waals surface area contributed by atoms with E-state index in [0.717, 1.165) is 24.1 Å². The third-order valence-electron chi connectivity index (χ3n) is 5.15. The van der Waals surface area contributed by atoms with Crippen LogP contribution in [-0.4, -0.2) is 47.8 Å². The van der Waals surface area contributed by atoms with Crippen molar-refractivity contribution in [3.63, 3.8) is 0 Å². The molecule has 0 heterocycles. The lowest BCUT2D eigenvalue weighted by molar-refractivity contribution is -0.131. The lowest BCUT2D eigenvalue weighted by Crippen LogP contribution is -2.41. The summed E-state index contributed by atoms with van der Waals surface area (Å²) in [6.07, 6.45) is 5.95. The highest BCUT2D eigenvalue weighted by atomic mass is 16.2. The molecule has 1 fully saturated rings. The Kier molecular flexibility index (Phi) is 7.29. The number of carbonyl (C=O) groups excluding carboxylic acids is 2. The predicted molar refractivity (Wildman–Crippen MR) is 101 cm³/mol. The topological polar surface area (TPSA) is 52.7 Å². The average Bonchev–Trinajstić information content (AvgIpc) is 2.64. The SMILES string of the molecule is CCN(Cc1ccccc1NCC(=O)N(C)C1CCCCC1)C(C)=O. The van der Waals surface area contributed by atoms with Crippen molar-refractivity contribution in [3.05, 3.63) is 29.8 Å². The molecule has 0 bridgehead atoms. The number of hydrogen-bond donors (Lipinski definition) is 1. The molecule has 2 amide bonds. The van der Waals surface area contributed by atoms with Gasteiger partial charge in [-0.1, -0.05) is 37.5 Å². The molecule has 138 valence electrons. The molecule has 1 aliphatic carbocycles. The highest BCUT2D eigenvalue weighted by molar-refractivity contribution is 5.81. The van der Waals surface area contributed by atoms with Gasteiger partial charge < -0.3 is 15.1 Å². The molecule has 1 aliphatic rings. The highest BCUT2D eigenvalue weighted by Gasteiger charge is 2.21. The van der Waals surface area contributed by atoms with Crippen LogP contribution in [0.2, 0.25) is 0 Å². The van der Waals surface area contributed by atoms with E-state index in [1.807, 2.05) is 43.1 Å². The van der Waals surface area contributed by atoms with E-state index >= 15 is 0 Å². The minimum absolute atomic E-state index is 0.0606. The van der Waals surface area contributed by atoms with Crippen molar-refractivity contribution >= 4 is 17.5 Å². The second-order valence-corrected chi connectivity index (χ2v) is 6.84. The van der Waals surface area contributed by atoms with Crippen molar-refractivity contribution in [2.75, 3.05) is 25.5 Å². The Labute approximate surface area is 151 Å². The number of nitrogens with zero attached hydrogens (tertiary/aromatic N) is 2. The number of rotatable bonds is 7. The van der Waals surface area contributed by atoms with Gasteiger partial charge in [0.1, 0.15) is 0 Å². The van der Waals surface area contributed by atoms with Gasteiger partial charge in [-0.15, -0.1) is 0 Å². The van der Waals surface area contributed by atoms with E-state index in [2.05, 4.69) is 5.32 Å². The van der Waals surface area contributed by atoms with E-state index in [0.29, 0.717) is 19.1 Å². The van der Waals surface area contributed by atoms with Crippen LogP contribution < -0.4 is 5.32 Å². The maximum Gasteiger partial charge on any atom is 0.241 e. The van der Waals surface area contributed by atoms with Gasteiger partial charge in [-0.2, -0.15) is 0 Å². The molecule has 1 aromatic carbocycles. The smallest absolute Gasteiger partial charge is 0.241 e. The Morgan fingerprint density at radius 1 is 1.16 bits per heavy atom. The van der Waals surface area contributed by atoms with Crippen LogP contribution in [0.25, 0.3) is 0 Å². The molecule has 0 unspecified atom stereocenters. The molecule has 25 heavy (non-hydrogen) atoms. The molecule has 0 saturated heterocycles. The molecular formula is C20H31N3O2. The van der Waals surface area contributed by atoms with Gasteiger partial charge in [0, 0.05) is 38.8 Å². The van der Waals surface area contributed by atoms with Crippen molar-refractivity contribution in [2.24, 2.45) is 0 Å². The van der Waals surface area contributed by atoms with E-state index < -0.39 is 0 Å². The van der Waals surface area contributed by atoms with Gasteiger partial charge in [-0.25, -0.2) is 0 Å². The van der Waals surface area contributed by atoms with E-state index in [-0.39, 0.29) is 18.4 Å². The van der Waals surface area contributed by atoms with Gasteiger partial charge in [0.05, 0.1) is 6.54 Å². The molecule has 0 radical (unpaired) electrons. The minimum atomic E-state index is 0.0606. The summed E-state index contributed by atoms with van der Waals surface area (Å²) in [6.45, 7) is 5.08. The molecule has 5 nitrogen and oxygen atoms in total. The first kappa shape index (κ1) is 19.3. The summed E-state index contributed by atoms with van der Waals surface area (Å²) in [5.74, 6) is 0.186.